The zero-order valence-electron chi connectivity index (χ0n) is 7.79. The lowest BCUT2D eigenvalue weighted by Gasteiger charge is -2.07. The third kappa shape index (κ3) is 1.77. The maximum atomic E-state index is 11.1. The third-order valence-electron chi connectivity index (χ3n) is 1.64. The van der Waals surface area contributed by atoms with Crippen LogP contribution in [0, 0.1) is 6.92 Å². The van der Waals surface area contributed by atoms with Gasteiger partial charge < -0.3 is 9.84 Å². The molecule has 1 heterocycles. The second-order valence-corrected chi connectivity index (χ2v) is 2.72. The Morgan fingerprint density at radius 1 is 1.62 bits per heavy atom. The standard InChI is InChI=1S/C9H11NO3/c1-5-4-7(12)8(6(2)11)9(10-5)13-3/h4H,1-3H3,(H,10,12). The van der Waals surface area contributed by atoms with Crippen molar-refractivity contribution in [3.63, 3.8) is 0 Å². The third-order valence-corrected chi connectivity index (χ3v) is 1.64. The number of pyridine rings is 1. The monoisotopic (exact) mass is 181 g/mol. The molecule has 0 bridgehead atoms. The smallest absolute Gasteiger partial charge is 0.228 e. The minimum atomic E-state index is -0.262. The van der Waals surface area contributed by atoms with Crippen molar-refractivity contribution in [1.29, 1.82) is 0 Å². The zero-order valence-corrected chi connectivity index (χ0v) is 7.79. The first kappa shape index (κ1) is 9.51. The van der Waals surface area contributed by atoms with Gasteiger partial charge in [-0.2, -0.15) is 0 Å². The van der Waals surface area contributed by atoms with Crippen LogP contribution in [0.3, 0.4) is 0 Å². The highest BCUT2D eigenvalue weighted by atomic mass is 16.5. The fraction of sp³-hybridized carbons (Fsp3) is 0.333. The van der Waals surface area contributed by atoms with E-state index < -0.39 is 0 Å². The Kier molecular flexibility index (Phi) is 2.51. The molecule has 4 nitrogen and oxygen atoms in total. The molecule has 0 aliphatic rings. The molecular weight excluding hydrogens is 170 g/mol. The van der Waals surface area contributed by atoms with Crippen LogP contribution in [-0.4, -0.2) is 23.0 Å². The number of Topliss-reactive ketones (excluding diaryl/α,β-unsaturated/α-hetero) is 1. The summed E-state index contributed by atoms with van der Waals surface area (Å²) in [6, 6.07) is 1.43. The first-order valence-electron chi connectivity index (χ1n) is 3.81. The van der Waals surface area contributed by atoms with Gasteiger partial charge >= 0.3 is 0 Å². The summed E-state index contributed by atoms with van der Waals surface area (Å²) in [7, 11) is 1.41. The van der Waals surface area contributed by atoms with Crippen LogP contribution in [0.15, 0.2) is 6.07 Å². The highest BCUT2D eigenvalue weighted by Crippen LogP contribution is 2.26. The summed E-state index contributed by atoms with van der Waals surface area (Å²) in [5.41, 5.74) is 0.743. The van der Waals surface area contributed by atoms with E-state index in [1.807, 2.05) is 0 Å². The van der Waals surface area contributed by atoms with Gasteiger partial charge in [0.2, 0.25) is 5.88 Å². The van der Waals surface area contributed by atoms with Crippen LogP contribution in [-0.2, 0) is 0 Å². The molecule has 0 fully saturated rings. The number of aryl methyl sites for hydroxylation is 1. The largest absolute Gasteiger partial charge is 0.507 e. The molecule has 0 aromatic carbocycles. The summed E-state index contributed by atoms with van der Waals surface area (Å²) in [4.78, 5) is 15.0. The minimum absolute atomic E-state index is 0.0862. The summed E-state index contributed by atoms with van der Waals surface area (Å²) in [5, 5.41) is 9.43. The number of rotatable bonds is 2. The van der Waals surface area contributed by atoms with Crippen molar-refractivity contribution in [2.45, 2.75) is 13.8 Å². The van der Waals surface area contributed by atoms with Crippen molar-refractivity contribution in [3.8, 4) is 11.6 Å². The van der Waals surface area contributed by atoms with Crippen molar-refractivity contribution < 1.29 is 14.6 Å². The zero-order chi connectivity index (χ0) is 10.0. The molecule has 0 unspecified atom stereocenters. The lowest BCUT2D eigenvalue weighted by atomic mass is 10.1. The van der Waals surface area contributed by atoms with E-state index in [4.69, 9.17) is 4.74 Å². The molecule has 1 aromatic heterocycles. The van der Waals surface area contributed by atoms with Crippen LogP contribution in [0.4, 0.5) is 0 Å². The number of hydrogen-bond acceptors (Lipinski definition) is 4. The van der Waals surface area contributed by atoms with Gasteiger partial charge in [-0.05, 0) is 13.8 Å². The predicted molar refractivity (Wildman–Crippen MR) is 47.2 cm³/mol. The van der Waals surface area contributed by atoms with Gasteiger partial charge in [-0.3, -0.25) is 4.79 Å². The number of ether oxygens (including phenoxy) is 1. The molecule has 70 valence electrons. The van der Waals surface area contributed by atoms with Crippen molar-refractivity contribution in [3.05, 3.63) is 17.3 Å². The fourth-order valence-corrected chi connectivity index (χ4v) is 1.11. The number of hydrogen-bond donors (Lipinski definition) is 1. The first-order chi connectivity index (χ1) is 6.06. The molecule has 0 aliphatic carbocycles. The number of methoxy groups -OCH3 is 1. The van der Waals surface area contributed by atoms with Crippen molar-refractivity contribution in [1.82, 2.24) is 4.98 Å². The molecule has 1 rings (SSSR count). The van der Waals surface area contributed by atoms with Gasteiger partial charge in [-0.1, -0.05) is 0 Å². The molecule has 0 spiro atoms. The number of ketones is 1. The SMILES string of the molecule is COc1nc(C)cc(O)c1C(C)=O. The Hall–Kier alpha value is -1.58. The second-order valence-electron chi connectivity index (χ2n) is 2.72. The maximum absolute atomic E-state index is 11.1. The van der Waals surface area contributed by atoms with E-state index >= 15 is 0 Å². The topological polar surface area (TPSA) is 59.4 Å². The molecule has 0 aliphatic heterocycles. The summed E-state index contributed by atoms with van der Waals surface area (Å²) in [6.45, 7) is 3.07. The van der Waals surface area contributed by atoms with Crippen LogP contribution in [0.25, 0.3) is 0 Å². The highest BCUT2D eigenvalue weighted by Gasteiger charge is 2.15. The molecule has 1 N–H and O–H groups in total. The molecule has 13 heavy (non-hydrogen) atoms. The van der Waals surface area contributed by atoms with Crippen molar-refractivity contribution in [2.24, 2.45) is 0 Å². The van der Waals surface area contributed by atoms with Crippen LogP contribution < -0.4 is 4.74 Å². The summed E-state index contributed by atoms with van der Waals surface area (Å²) in [5.74, 6) is -0.177. The second kappa shape index (κ2) is 3.43. The first-order valence-corrected chi connectivity index (χ1v) is 3.81. The van der Waals surface area contributed by atoms with Crippen LogP contribution in [0.1, 0.15) is 23.0 Å². The van der Waals surface area contributed by atoms with Crippen LogP contribution >= 0.6 is 0 Å². The molecule has 4 heteroatoms. The molecule has 0 saturated heterocycles. The highest BCUT2D eigenvalue weighted by molar-refractivity contribution is 5.98. The van der Waals surface area contributed by atoms with Gasteiger partial charge in [-0.25, -0.2) is 4.98 Å². The lowest BCUT2D eigenvalue weighted by molar-refractivity contribution is 0.101. The summed E-state index contributed by atoms with van der Waals surface area (Å²) >= 11 is 0. The van der Waals surface area contributed by atoms with Crippen LogP contribution in [0.5, 0.6) is 11.6 Å². The van der Waals surface area contributed by atoms with Crippen LogP contribution in [0.2, 0.25) is 0 Å². The Morgan fingerprint density at radius 2 is 2.23 bits per heavy atom. The van der Waals surface area contributed by atoms with E-state index in [-0.39, 0.29) is 23.0 Å². The average Bonchev–Trinajstić information content (AvgIpc) is 2.01. The number of aromatic nitrogens is 1. The number of aromatic hydroxyl groups is 1. The number of carbonyl (C=O) groups is 1. The van der Waals surface area contributed by atoms with E-state index in [9.17, 15) is 9.90 Å². The summed E-state index contributed by atoms with van der Waals surface area (Å²) in [6.07, 6.45) is 0. The Balaban J connectivity index is 3.38. The molecule has 1 aromatic rings. The van der Waals surface area contributed by atoms with Gasteiger partial charge in [0, 0.05) is 11.8 Å². The van der Waals surface area contributed by atoms with Gasteiger partial charge in [-0.15, -0.1) is 0 Å². The van der Waals surface area contributed by atoms with E-state index in [0.717, 1.165) is 0 Å². The van der Waals surface area contributed by atoms with Crippen molar-refractivity contribution >= 4 is 5.78 Å². The van der Waals surface area contributed by atoms with Crippen molar-refractivity contribution in [2.75, 3.05) is 7.11 Å². The van der Waals surface area contributed by atoms with Gasteiger partial charge in [0.25, 0.3) is 0 Å². The fourth-order valence-electron chi connectivity index (χ4n) is 1.11. The van der Waals surface area contributed by atoms with Gasteiger partial charge in [0.05, 0.1) is 7.11 Å². The maximum Gasteiger partial charge on any atom is 0.228 e. The van der Waals surface area contributed by atoms with E-state index in [2.05, 4.69) is 4.98 Å². The Bertz CT molecular complexity index is 347. The van der Waals surface area contributed by atoms with E-state index in [0.29, 0.717) is 5.69 Å². The average molecular weight is 181 g/mol. The Labute approximate surface area is 76.2 Å². The summed E-state index contributed by atoms with van der Waals surface area (Å²) < 4.78 is 4.88. The minimum Gasteiger partial charge on any atom is -0.507 e. The predicted octanol–water partition coefficient (Wildman–Crippen LogP) is 1.31. The van der Waals surface area contributed by atoms with Gasteiger partial charge in [0.1, 0.15) is 11.3 Å². The normalized spacial score (nSPS) is 9.77. The molecule has 0 amide bonds. The van der Waals surface area contributed by atoms with E-state index in [1.165, 1.54) is 20.1 Å². The van der Waals surface area contributed by atoms with E-state index in [1.54, 1.807) is 6.92 Å². The molecule has 0 radical (unpaired) electrons. The van der Waals surface area contributed by atoms with Gasteiger partial charge in [0.15, 0.2) is 5.78 Å². The molecular formula is C9H11NO3. The lowest BCUT2D eigenvalue weighted by Crippen LogP contribution is -2.01. The molecule has 0 saturated carbocycles. The molecule has 0 atom stereocenters. The Morgan fingerprint density at radius 3 is 2.69 bits per heavy atom. The number of nitrogens with zero attached hydrogens (tertiary/aromatic N) is 1. The number of carbonyl (C=O) groups excluding carboxylic acids is 1. The quantitative estimate of drug-likeness (QED) is 0.699.